The van der Waals surface area contributed by atoms with Crippen LogP contribution in [0.4, 0.5) is 5.69 Å². The van der Waals surface area contributed by atoms with Gasteiger partial charge in [0.05, 0.1) is 10.9 Å². The van der Waals surface area contributed by atoms with Crippen molar-refractivity contribution in [2.45, 2.75) is 69.8 Å². The lowest BCUT2D eigenvalue weighted by molar-refractivity contribution is -0.0722. The smallest absolute Gasteiger partial charge is 0.264 e. The molecule has 0 aromatic heterocycles. The monoisotopic (exact) mass is 643 g/mol. The molecule has 0 spiro atoms. The normalized spacial score (nSPS) is 29.9. The summed E-state index contributed by atoms with van der Waals surface area (Å²) >= 11 is 6.34. The molecule has 2 bridgehead atoms. The number of nitrogens with zero attached hydrogens (tertiary/aromatic N) is 1. The molecule has 5 rings (SSSR count). The van der Waals surface area contributed by atoms with Crippen molar-refractivity contribution in [3.63, 3.8) is 0 Å². The van der Waals surface area contributed by atoms with E-state index in [0.29, 0.717) is 41.8 Å². The zero-order valence-electron chi connectivity index (χ0n) is 26.3. The van der Waals surface area contributed by atoms with Gasteiger partial charge in [0, 0.05) is 37.3 Å². The number of benzene rings is 2. The fourth-order valence-corrected chi connectivity index (χ4v) is 8.42. The first-order chi connectivity index (χ1) is 21.1. The van der Waals surface area contributed by atoms with E-state index in [-0.39, 0.29) is 11.8 Å². The number of hydrogen-bond acceptors (Lipinski definition) is 7. The highest BCUT2D eigenvalue weighted by Gasteiger charge is 2.47. The molecule has 2 N–H and O–H groups in total. The summed E-state index contributed by atoms with van der Waals surface area (Å²) < 4.78 is 41.8. The number of ether oxygens (including phenoxy) is 2. The first kappa shape index (κ1) is 32.8. The highest BCUT2D eigenvalue weighted by molar-refractivity contribution is 7.90. The number of halogens is 1. The number of allylic oxidation sites excluding steroid dienone is 1. The molecule has 2 aromatic carbocycles. The van der Waals surface area contributed by atoms with Crippen molar-refractivity contribution in [1.29, 1.82) is 0 Å². The molecule has 1 amide bonds. The van der Waals surface area contributed by atoms with Crippen LogP contribution in [0, 0.1) is 17.8 Å². The van der Waals surface area contributed by atoms with E-state index >= 15 is 0 Å². The average Bonchev–Trinajstić information content (AvgIpc) is 3.01. The highest BCUT2D eigenvalue weighted by Crippen LogP contribution is 2.46. The van der Waals surface area contributed by atoms with Crippen LogP contribution in [0.25, 0.3) is 0 Å². The fourth-order valence-electron chi connectivity index (χ4n) is 6.94. The van der Waals surface area contributed by atoms with Gasteiger partial charge in [0.1, 0.15) is 18.0 Å². The van der Waals surface area contributed by atoms with Gasteiger partial charge in [-0.1, -0.05) is 36.7 Å². The molecule has 0 unspecified atom stereocenters. The van der Waals surface area contributed by atoms with Crippen molar-refractivity contribution < 1.29 is 22.7 Å². The Bertz CT molecular complexity index is 1480. The second-order valence-corrected chi connectivity index (χ2v) is 15.2. The van der Waals surface area contributed by atoms with Gasteiger partial charge in [-0.2, -0.15) is 0 Å². The van der Waals surface area contributed by atoms with E-state index in [1.807, 2.05) is 32.2 Å². The van der Waals surface area contributed by atoms with Crippen molar-refractivity contribution in [1.82, 2.24) is 10.0 Å². The number of carbonyl (C=O) groups excluding carboxylic acids is 1. The van der Waals surface area contributed by atoms with Gasteiger partial charge >= 0.3 is 0 Å². The SMILES string of the molecule is CNC[C@]1(OC)/C=C/C[C@H](C)[C@@H](C)S(=O)(=O)NC(=O)c2ccc3c(c2)N(CCCCc2cc(Cl)ccc2CO3)C[C@@H]2CC[C@H]21. The van der Waals surface area contributed by atoms with Crippen LogP contribution in [0.15, 0.2) is 48.6 Å². The van der Waals surface area contributed by atoms with E-state index in [1.54, 1.807) is 32.2 Å². The minimum Gasteiger partial charge on any atom is -0.487 e. The zero-order chi connectivity index (χ0) is 31.5. The molecule has 1 fully saturated rings. The van der Waals surface area contributed by atoms with Gasteiger partial charge < -0.3 is 19.7 Å². The summed E-state index contributed by atoms with van der Waals surface area (Å²) in [7, 11) is -0.210. The predicted molar refractivity (Wildman–Crippen MR) is 176 cm³/mol. The summed E-state index contributed by atoms with van der Waals surface area (Å²) in [4.78, 5) is 15.7. The van der Waals surface area contributed by atoms with E-state index in [0.717, 1.165) is 56.4 Å². The van der Waals surface area contributed by atoms with Gasteiger partial charge in [0.25, 0.3) is 5.91 Å². The van der Waals surface area contributed by atoms with Gasteiger partial charge in [-0.15, -0.1) is 0 Å². The van der Waals surface area contributed by atoms with Gasteiger partial charge in [-0.3, -0.25) is 4.79 Å². The maximum Gasteiger partial charge on any atom is 0.264 e. The van der Waals surface area contributed by atoms with Crippen molar-refractivity contribution in [2.75, 3.05) is 38.7 Å². The van der Waals surface area contributed by atoms with Crippen molar-refractivity contribution in [2.24, 2.45) is 17.8 Å². The lowest BCUT2D eigenvalue weighted by Crippen LogP contribution is -2.55. The first-order valence-electron chi connectivity index (χ1n) is 15.8. The van der Waals surface area contributed by atoms with Crippen LogP contribution in [0.1, 0.15) is 67.4 Å². The fraction of sp³-hybridized carbons (Fsp3) is 0.559. The number of likely N-dealkylation sites (N-methyl/N-ethyl adjacent to an activating group) is 1. The van der Waals surface area contributed by atoms with Crippen LogP contribution in [0.2, 0.25) is 5.02 Å². The van der Waals surface area contributed by atoms with E-state index in [2.05, 4.69) is 27.1 Å². The van der Waals surface area contributed by atoms with Gasteiger partial charge in [-0.25, -0.2) is 13.1 Å². The highest BCUT2D eigenvalue weighted by atomic mass is 35.5. The van der Waals surface area contributed by atoms with E-state index < -0.39 is 26.8 Å². The number of carbonyl (C=O) groups is 1. The maximum absolute atomic E-state index is 13.4. The lowest BCUT2D eigenvalue weighted by Gasteiger charge is -2.50. The average molecular weight is 644 g/mol. The lowest BCUT2D eigenvalue weighted by atomic mass is 9.64. The number of anilines is 1. The quantitative estimate of drug-likeness (QED) is 0.412. The third-order valence-electron chi connectivity index (χ3n) is 10.0. The Hall–Kier alpha value is -2.59. The second-order valence-electron chi connectivity index (χ2n) is 12.7. The molecule has 0 saturated heterocycles. The van der Waals surface area contributed by atoms with Crippen molar-refractivity contribution in [3.05, 3.63) is 70.3 Å². The Labute approximate surface area is 267 Å². The van der Waals surface area contributed by atoms with Gasteiger partial charge in [0.2, 0.25) is 10.0 Å². The summed E-state index contributed by atoms with van der Waals surface area (Å²) in [6, 6.07) is 11.2. The number of aryl methyl sites for hydroxylation is 1. The zero-order valence-corrected chi connectivity index (χ0v) is 27.8. The van der Waals surface area contributed by atoms with Crippen molar-refractivity contribution >= 4 is 33.2 Å². The standard InChI is InChI=1S/C34H46ClN3O5S/c1-23-8-7-16-34(42-4,22-36-3)30-14-11-27(30)20-38-17-6-5-9-25-18-29(35)13-10-28(25)21-43-32-15-12-26(19-31(32)38)33(39)37-44(40,41)24(23)2/h7,10,12-13,15-16,18-19,23-24,27,30,36H,5-6,8-9,11,14,17,20-22H2,1-4H3,(H,37,39)/b16-7+/t23-,24+,27-,30+,34+/m0/s1. The number of nitrogens with one attached hydrogen (secondary N) is 2. The summed E-state index contributed by atoms with van der Waals surface area (Å²) in [6.45, 7) is 6.14. The molecule has 5 atom stereocenters. The molecule has 2 aromatic rings. The Morgan fingerprint density at radius 3 is 2.68 bits per heavy atom. The van der Waals surface area contributed by atoms with Crippen LogP contribution < -0.4 is 19.7 Å². The van der Waals surface area contributed by atoms with Crippen molar-refractivity contribution in [3.8, 4) is 5.75 Å². The summed E-state index contributed by atoms with van der Waals surface area (Å²) in [5.74, 6) is 0.474. The Balaban J connectivity index is 1.58. The number of rotatable bonds is 3. The predicted octanol–water partition coefficient (Wildman–Crippen LogP) is 5.74. The molecule has 44 heavy (non-hydrogen) atoms. The van der Waals surface area contributed by atoms with E-state index in [9.17, 15) is 13.2 Å². The van der Waals surface area contributed by atoms with Gasteiger partial charge in [-0.05, 0) is 112 Å². The molecule has 2 heterocycles. The molecular formula is C34H46ClN3O5S. The third kappa shape index (κ3) is 6.96. The van der Waals surface area contributed by atoms with Crippen LogP contribution >= 0.6 is 11.6 Å². The third-order valence-corrected chi connectivity index (χ3v) is 12.2. The van der Waals surface area contributed by atoms with Crippen LogP contribution in [0.5, 0.6) is 5.75 Å². The van der Waals surface area contributed by atoms with Crippen LogP contribution in [-0.4, -0.2) is 59.0 Å². The molecule has 1 aliphatic carbocycles. The molecule has 0 radical (unpaired) electrons. The second kappa shape index (κ2) is 13.8. The van der Waals surface area contributed by atoms with Crippen LogP contribution in [-0.2, 0) is 27.8 Å². The minimum atomic E-state index is -3.92. The van der Waals surface area contributed by atoms with E-state index in [4.69, 9.17) is 21.1 Å². The topological polar surface area (TPSA) is 97.0 Å². The maximum atomic E-state index is 13.4. The number of methoxy groups -OCH3 is 1. The Kier molecular flexibility index (Phi) is 10.3. The Morgan fingerprint density at radius 1 is 1.14 bits per heavy atom. The largest absolute Gasteiger partial charge is 0.487 e. The number of sulfonamides is 1. The molecule has 8 nitrogen and oxygen atoms in total. The number of fused-ring (bicyclic) bond motifs is 3. The number of amides is 1. The first-order valence-corrected chi connectivity index (χ1v) is 17.7. The molecular weight excluding hydrogens is 598 g/mol. The molecule has 2 aliphatic heterocycles. The summed E-state index contributed by atoms with van der Waals surface area (Å²) in [6.07, 6.45) is 9.70. The molecule has 3 aliphatic rings. The summed E-state index contributed by atoms with van der Waals surface area (Å²) in [5, 5.41) is 3.29. The molecule has 1 saturated carbocycles. The minimum absolute atomic E-state index is 0.208. The Morgan fingerprint density at radius 2 is 1.95 bits per heavy atom. The van der Waals surface area contributed by atoms with Crippen LogP contribution in [0.3, 0.4) is 0 Å². The molecule has 240 valence electrons. The summed E-state index contributed by atoms with van der Waals surface area (Å²) in [5.41, 5.74) is 2.86. The molecule has 10 heteroatoms. The van der Waals surface area contributed by atoms with Gasteiger partial charge in [0.15, 0.2) is 0 Å². The van der Waals surface area contributed by atoms with E-state index in [1.165, 1.54) is 5.56 Å². The number of hydrogen-bond donors (Lipinski definition) is 2.